The Labute approximate surface area is 387 Å². The standard InChI is InChI=1S/C56H109NO5/c1-3-5-7-9-11-13-15-17-18-19-22-25-28-32-36-40-44-48-54(59)53(52-58)57-55(60)49-45-41-37-33-29-26-23-20-21-24-27-31-35-39-43-47-51-62-56(61)50-46-42-38-34-30-16-14-12-10-8-6-4-2/h44,48,53-54,58-59H,3-43,45-47,49-52H2,1-2H3,(H,57,60)/b48-44+. The fraction of sp³-hybridized carbons (Fsp3) is 0.929. The van der Waals surface area contributed by atoms with Crippen LogP contribution in [0.4, 0.5) is 0 Å². The first-order chi connectivity index (χ1) is 30.5. The SMILES string of the molecule is CCCCCCCCCCCCCCCCC/C=C/C(O)C(CO)NC(=O)CCCCCCCCCCCCCCCCCCOC(=O)CCCCCCCCCCCCCC. The molecule has 3 N–H and O–H groups in total. The molecule has 368 valence electrons. The fourth-order valence-electron chi connectivity index (χ4n) is 8.75. The van der Waals surface area contributed by atoms with Gasteiger partial charge >= 0.3 is 5.97 Å². The predicted molar refractivity (Wildman–Crippen MR) is 269 cm³/mol. The second kappa shape index (κ2) is 52.2. The zero-order valence-corrected chi connectivity index (χ0v) is 41.9. The summed E-state index contributed by atoms with van der Waals surface area (Å²) in [5.41, 5.74) is 0. The van der Waals surface area contributed by atoms with Crippen molar-refractivity contribution in [1.29, 1.82) is 0 Å². The van der Waals surface area contributed by atoms with E-state index in [1.165, 1.54) is 238 Å². The van der Waals surface area contributed by atoms with Gasteiger partial charge in [-0.25, -0.2) is 0 Å². The van der Waals surface area contributed by atoms with Gasteiger partial charge in [-0.05, 0) is 32.1 Å². The van der Waals surface area contributed by atoms with Crippen LogP contribution in [0, 0.1) is 0 Å². The Morgan fingerprint density at radius 2 is 0.742 bits per heavy atom. The molecule has 0 bridgehead atoms. The third-order valence-corrected chi connectivity index (χ3v) is 13.1. The number of amides is 1. The minimum Gasteiger partial charge on any atom is -0.466 e. The number of aliphatic hydroxyl groups excluding tert-OH is 2. The van der Waals surface area contributed by atoms with E-state index in [1.807, 2.05) is 6.08 Å². The van der Waals surface area contributed by atoms with Crippen LogP contribution in [0.15, 0.2) is 12.2 Å². The fourth-order valence-corrected chi connectivity index (χ4v) is 8.75. The summed E-state index contributed by atoms with van der Waals surface area (Å²) in [5, 5.41) is 23.1. The number of esters is 1. The second-order valence-corrected chi connectivity index (χ2v) is 19.3. The largest absolute Gasteiger partial charge is 0.466 e. The van der Waals surface area contributed by atoms with Crippen molar-refractivity contribution in [3.8, 4) is 0 Å². The van der Waals surface area contributed by atoms with Gasteiger partial charge in [-0.15, -0.1) is 0 Å². The van der Waals surface area contributed by atoms with E-state index in [0.29, 0.717) is 19.4 Å². The molecule has 2 unspecified atom stereocenters. The minimum absolute atomic E-state index is 0.00326. The van der Waals surface area contributed by atoms with Gasteiger partial charge in [-0.2, -0.15) is 0 Å². The summed E-state index contributed by atoms with van der Waals surface area (Å²) < 4.78 is 5.46. The molecule has 0 heterocycles. The van der Waals surface area contributed by atoms with Crippen LogP contribution in [-0.4, -0.2) is 47.4 Å². The quantitative estimate of drug-likeness (QED) is 0.0321. The summed E-state index contributed by atoms with van der Waals surface area (Å²) in [4.78, 5) is 24.5. The summed E-state index contributed by atoms with van der Waals surface area (Å²) >= 11 is 0. The van der Waals surface area contributed by atoms with Crippen molar-refractivity contribution in [2.75, 3.05) is 13.2 Å². The first kappa shape index (κ1) is 60.6. The number of carbonyl (C=O) groups is 2. The summed E-state index contributed by atoms with van der Waals surface area (Å²) in [6.07, 6.45) is 60.8. The van der Waals surface area contributed by atoms with Crippen LogP contribution in [0.2, 0.25) is 0 Å². The Morgan fingerprint density at radius 1 is 0.435 bits per heavy atom. The van der Waals surface area contributed by atoms with Crippen LogP contribution in [0.3, 0.4) is 0 Å². The number of carbonyl (C=O) groups excluding carboxylic acids is 2. The number of rotatable bonds is 52. The molecule has 0 aromatic rings. The molecule has 0 spiro atoms. The number of hydrogen-bond acceptors (Lipinski definition) is 5. The molecule has 6 nitrogen and oxygen atoms in total. The molecule has 0 aliphatic carbocycles. The first-order valence-electron chi connectivity index (χ1n) is 28.0. The van der Waals surface area contributed by atoms with Gasteiger partial charge < -0.3 is 20.3 Å². The zero-order valence-electron chi connectivity index (χ0n) is 41.9. The molecule has 6 heteroatoms. The summed E-state index contributed by atoms with van der Waals surface area (Å²) in [7, 11) is 0. The van der Waals surface area contributed by atoms with Gasteiger partial charge in [0.15, 0.2) is 0 Å². The van der Waals surface area contributed by atoms with Crippen molar-refractivity contribution in [2.45, 2.75) is 321 Å². The lowest BCUT2D eigenvalue weighted by Crippen LogP contribution is -2.45. The first-order valence-corrected chi connectivity index (χ1v) is 28.0. The number of ether oxygens (including phenoxy) is 1. The highest BCUT2D eigenvalue weighted by Crippen LogP contribution is 2.17. The maximum Gasteiger partial charge on any atom is 0.305 e. The second-order valence-electron chi connectivity index (χ2n) is 19.3. The molecular formula is C56H109NO5. The molecule has 1 amide bonds. The van der Waals surface area contributed by atoms with Crippen molar-refractivity contribution >= 4 is 11.9 Å². The Bertz CT molecular complexity index is 924. The highest BCUT2D eigenvalue weighted by molar-refractivity contribution is 5.76. The highest BCUT2D eigenvalue weighted by atomic mass is 16.5. The van der Waals surface area contributed by atoms with E-state index in [9.17, 15) is 19.8 Å². The Hall–Kier alpha value is -1.40. The van der Waals surface area contributed by atoms with Crippen LogP contribution in [0.1, 0.15) is 309 Å². The number of nitrogens with one attached hydrogen (secondary N) is 1. The molecule has 62 heavy (non-hydrogen) atoms. The van der Waals surface area contributed by atoms with Gasteiger partial charge in [0.25, 0.3) is 0 Å². The number of aliphatic hydroxyl groups is 2. The molecule has 0 saturated carbocycles. The Morgan fingerprint density at radius 3 is 1.10 bits per heavy atom. The predicted octanol–water partition coefficient (Wildman–Crippen LogP) is 16.9. The van der Waals surface area contributed by atoms with Crippen molar-refractivity contribution in [3.63, 3.8) is 0 Å². The summed E-state index contributed by atoms with van der Waals surface area (Å²) in [6.45, 7) is 4.90. The number of hydrogen-bond donors (Lipinski definition) is 3. The van der Waals surface area contributed by atoms with E-state index >= 15 is 0 Å². The lowest BCUT2D eigenvalue weighted by atomic mass is 10.0. The van der Waals surface area contributed by atoms with Crippen LogP contribution < -0.4 is 5.32 Å². The van der Waals surface area contributed by atoms with Crippen molar-refractivity contribution in [1.82, 2.24) is 5.32 Å². The van der Waals surface area contributed by atoms with E-state index in [4.69, 9.17) is 4.74 Å². The van der Waals surface area contributed by atoms with Crippen molar-refractivity contribution in [3.05, 3.63) is 12.2 Å². The van der Waals surface area contributed by atoms with Crippen LogP contribution in [0.25, 0.3) is 0 Å². The molecule has 2 atom stereocenters. The van der Waals surface area contributed by atoms with E-state index in [1.54, 1.807) is 6.08 Å². The highest BCUT2D eigenvalue weighted by Gasteiger charge is 2.18. The molecule has 0 fully saturated rings. The van der Waals surface area contributed by atoms with Gasteiger partial charge in [-0.3, -0.25) is 9.59 Å². The van der Waals surface area contributed by atoms with Crippen molar-refractivity contribution < 1.29 is 24.5 Å². The van der Waals surface area contributed by atoms with E-state index in [0.717, 1.165) is 44.9 Å². The average Bonchev–Trinajstić information content (AvgIpc) is 3.27. The molecule has 0 aromatic carbocycles. The van der Waals surface area contributed by atoms with Crippen LogP contribution in [-0.2, 0) is 14.3 Å². The zero-order chi connectivity index (χ0) is 45.1. The van der Waals surface area contributed by atoms with E-state index < -0.39 is 12.1 Å². The lowest BCUT2D eigenvalue weighted by molar-refractivity contribution is -0.143. The molecular weight excluding hydrogens is 767 g/mol. The third-order valence-electron chi connectivity index (χ3n) is 13.1. The molecule has 0 saturated heterocycles. The van der Waals surface area contributed by atoms with Gasteiger partial charge in [0.1, 0.15) is 0 Å². The average molecular weight is 876 g/mol. The van der Waals surface area contributed by atoms with E-state index in [2.05, 4.69) is 19.2 Å². The minimum atomic E-state index is -0.848. The van der Waals surface area contributed by atoms with Gasteiger partial charge in [0, 0.05) is 12.8 Å². The molecule has 0 rings (SSSR count). The van der Waals surface area contributed by atoms with Gasteiger partial charge in [-0.1, -0.05) is 276 Å². The van der Waals surface area contributed by atoms with Gasteiger partial charge in [0.2, 0.25) is 5.91 Å². The smallest absolute Gasteiger partial charge is 0.305 e. The summed E-state index contributed by atoms with van der Waals surface area (Å²) in [6, 6.07) is -0.632. The molecule has 0 radical (unpaired) electrons. The van der Waals surface area contributed by atoms with Crippen LogP contribution in [0.5, 0.6) is 0 Å². The third kappa shape index (κ3) is 48.1. The normalized spacial score (nSPS) is 12.6. The van der Waals surface area contributed by atoms with Crippen LogP contribution >= 0.6 is 0 Å². The maximum atomic E-state index is 12.5. The summed E-state index contributed by atoms with van der Waals surface area (Å²) in [5.74, 6) is -0.0692. The Kier molecular flexibility index (Phi) is 51.0. The van der Waals surface area contributed by atoms with E-state index in [-0.39, 0.29) is 18.5 Å². The molecule has 0 aliphatic heterocycles. The lowest BCUT2D eigenvalue weighted by Gasteiger charge is -2.20. The molecule has 0 aromatic heterocycles. The number of allylic oxidation sites excluding steroid dienone is 1. The monoisotopic (exact) mass is 876 g/mol. The van der Waals surface area contributed by atoms with Gasteiger partial charge in [0.05, 0.1) is 25.4 Å². The Balaban J connectivity index is 3.45. The molecule has 0 aliphatic rings. The topological polar surface area (TPSA) is 95.9 Å². The maximum absolute atomic E-state index is 12.5. The number of unbranched alkanes of at least 4 members (excludes halogenated alkanes) is 41. The van der Waals surface area contributed by atoms with Crippen molar-refractivity contribution in [2.24, 2.45) is 0 Å².